The topological polar surface area (TPSA) is 245 Å². The molecule has 2 bridgehead atoms. The number of methoxy groups -OCH3 is 1. The van der Waals surface area contributed by atoms with Crippen molar-refractivity contribution in [1.29, 1.82) is 0 Å². The van der Waals surface area contributed by atoms with Crippen LogP contribution >= 0.6 is 0 Å². The van der Waals surface area contributed by atoms with Crippen molar-refractivity contribution in [1.82, 2.24) is 15.5 Å². The van der Waals surface area contributed by atoms with E-state index in [0.29, 0.717) is 29.6 Å². The molecule has 1 spiro atoms. The van der Waals surface area contributed by atoms with Crippen molar-refractivity contribution in [2.45, 2.75) is 81.4 Å². The Bertz CT molecular complexity index is 1700. The lowest BCUT2D eigenvalue weighted by Gasteiger charge is -2.49. The average molecular weight is 709 g/mol. The Kier molecular flexibility index (Phi) is 10.1. The highest BCUT2D eigenvalue weighted by molar-refractivity contribution is 5.96. The third-order valence-corrected chi connectivity index (χ3v) is 10.7. The summed E-state index contributed by atoms with van der Waals surface area (Å²) in [6.07, 6.45) is 6.15. The van der Waals surface area contributed by atoms with Crippen LogP contribution in [0.15, 0.2) is 40.6 Å². The molecule has 1 saturated carbocycles. The van der Waals surface area contributed by atoms with Gasteiger partial charge in [0, 0.05) is 25.2 Å². The molecule has 16 nitrogen and oxygen atoms in total. The number of guanidine groups is 1. The second-order valence-corrected chi connectivity index (χ2v) is 13.7. The predicted octanol–water partition coefficient (Wildman–Crippen LogP) is 1.31. The smallest absolute Gasteiger partial charge is 0.415 e. The number of nitrogens with zero attached hydrogens (tertiary/aromatic N) is 2. The Morgan fingerprint density at radius 2 is 1.96 bits per heavy atom. The molecule has 6 rings (SSSR count). The minimum atomic E-state index is -1.36. The third-order valence-electron chi connectivity index (χ3n) is 10.7. The number of nitrogens with two attached hydrogens (primary N) is 2. The summed E-state index contributed by atoms with van der Waals surface area (Å²) >= 11 is 0. The van der Waals surface area contributed by atoms with Gasteiger partial charge in [-0.05, 0) is 68.6 Å². The van der Waals surface area contributed by atoms with Crippen molar-refractivity contribution in [2.24, 2.45) is 28.3 Å². The zero-order chi connectivity index (χ0) is 36.4. The highest BCUT2D eigenvalue weighted by Crippen LogP contribution is 2.64. The lowest BCUT2D eigenvalue weighted by Crippen LogP contribution is -2.55. The van der Waals surface area contributed by atoms with E-state index in [1.54, 1.807) is 13.2 Å². The van der Waals surface area contributed by atoms with Gasteiger partial charge in [0.05, 0.1) is 24.5 Å². The average Bonchev–Trinajstić information content (AvgIpc) is 3.43. The van der Waals surface area contributed by atoms with Gasteiger partial charge in [0.1, 0.15) is 12.5 Å². The molecule has 3 amide bonds. The highest BCUT2D eigenvalue weighted by Gasteiger charge is 2.61. The summed E-state index contributed by atoms with van der Waals surface area (Å²) in [4.78, 5) is 67.9. The van der Waals surface area contributed by atoms with E-state index in [1.807, 2.05) is 6.07 Å². The number of amides is 3. The molecule has 2 heterocycles. The summed E-state index contributed by atoms with van der Waals surface area (Å²) in [6.45, 7) is 0.0955. The van der Waals surface area contributed by atoms with E-state index in [2.05, 4.69) is 27.8 Å². The Labute approximate surface area is 294 Å². The standard InChI is InChI=1S/C35H44N6O10/c1-49-24-8-6-19-14-18-4-2-11-35-22(18)7-9-25(30(35)51-29(24)28(19)35)50-34(48)41-13-10-20(32(46)47)15-21(41)17-39-31(45)23(5-3-12-38-33(36)37)40-26(42)16-27(43)44/h6-9,18,20-21,23,30H,2-5,10-17H2,1H3,(H,39,45)(H,40,42)(H,43,44)(H,46,47)(H4,36,37,38)/t18-,20?,21?,23+,30?,35+/m1/s1. The number of hydrogen-bond donors (Lipinski definition) is 6. The number of hydrogen-bond acceptors (Lipinski definition) is 9. The van der Waals surface area contributed by atoms with E-state index in [9.17, 15) is 29.1 Å². The molecule has 1 aromatic carbocycles. The van der Waals surface area contributed by atoms with E-state index in [-0.39, 0.29) is 44.9 Å². The first kappa shape index (κ1) is 35.5. The summed E-state index contributed by atoms with van der Waals surface area (Å²) in [6, 6.07) is 2.13. The van der Waals surface area contributed by atoms with Crippen LogP contribution in [0.3, 0.4) is 0 Å². The molecular formula is C35H44N6O10. The molecule has 3 unspecified atom stereocenters. The van der Waals surface area contributed by atoms with Gasteiger partial charge in [0.25, 0.3) is 0 Å². The van der Waals surface area contributed by atoms with Gasteiger partial charge < -0.3 is 51.4 Å². The summed E-state index contributed by atoms with van der Waals surface area (Å²) in [5.74, 6) is -2.79. The van der Waals surface area contributed by atoms with E-state index < -0.39 is 65.8 Å². The van der Waals surface area contributed by atoms with Crippen molar-refractivity contribution < 1.29 is 48.4 Å². The van der Waals surface area contributed by atoms with Crippen molar-refractivity contribution >= 4 is 35.8 Å². The summed E-state index contributed by atoms with van der Waals surface area (Å²) in [5.41, 5.74) is 13.9. The first-order valence-corrected chi connectivity index (χ1v) is 17.3. The molecule has 1 aromatic rings. The van der Waals surface area contributed by atoms with Gasteiger partial charge >= 0.3 is 18.0 Å². The number of carboxylic acids is 2. The quantitative estimate of drug-likeness (QED) is 0.0735. The molecule has 5 aliphatic rings. The van der Waals surface area contributed by atoms with Crippen LogP contribution in [0.2, 0.25) is 0 Å². The lowest BCUT2D eigenvalue weighted by molar-refractivity contribution is -0.144. The van der Waals surface area contributed by atoms with Gasteiger partial charge in [0.2, 0.25) is 11.8 Å². The fourth-order valence-electron chi connectivity index (χ4n) is 8.51. The van der Waals surface area contributed by atoms with Crippen LogP contribution in [-0.4, -0.2) is 95.9 Å². The zero-order valence-electron chi connectivity index (χ0n) is 28.4. The fourth-order valence-corrected chi connectivity index (χ4v) is 8.51. The van der Waals surface area contributed by atoms with Gasteiger partial charge in [-0.3, -0.25) is 24.2 Å². The van der Waals surface area contributed by atoms with Crippen LogP contribution in [0.25, 0.3) is 0 Å². The number of benzene rings is 1. The maximum Gasteiger partial charge on any atom is 0.415 e. The Balaban J connectivity index is 1.19. The molecule has 2 aliphatic heterocycles. The highest BCUT2D eigenvalue weighted by atomic mass is 16.6. The molecule has 0 aromatic heterocycles. The van der Waals surface area contributed by atoms with Crippen LogP contribution in [-0.2, 0) is 35.8 Å². The number of ether oxygens (including phenoxy) is 3. The Hall–Kier alpha value is -5.28. The van der Waals surface area contributed by atoms with E-state index in [0.717, 1.165) is 31.2 Å². The molecule has 6 atom stereocenters. The number of allylic oxidation sites excluding steroid dienone is 2. The first-order chi connectivity index (χ1) is 24.4. The van der Waals surface area contributed by atoms with Crippen LogP contribution in [0.5, 0.6) is 11.5 Å². The lowest BCUT2D eigenvalue weighted by atomic mass is 9.53. The molecule has 2 fully saturated rings. The van der Waals surface area contributed by atoms with Crippen molar-refractivity contribution in [3.05, 3.63) is 46.7 Å². The van der Waals surface area contributed by atoms with Gasteiger partial charge in [-0.2, -0.15) is 0 Å². The SMILES string of the molecule is COc1ccc2c3c1OC1C(OC(=O)N4CCC(C(=O)O)CC4CNC(=O)[C@H](CCCN=C(N)N)NC(=O)CC(=O)O)=CC=C4[C@H](CCC[C@]431)C2. The fraction of sp³-hybridized carbons (Fsp3) is 0.543. The molecule has 1 saturated heterocycles. The molecular weight excluding hydrogens is 664 g/mol. The summed E-state index contributed by atoms with van der Waals surface area (Å²) < 4.78 is 18.4. The first-order valence-electron chi connectivity index (χ1n) is 17.3. The Morgan fingerprint density at radius 3 is 2.69 bits per heavy atom. The van der Waals surface area contributed by atoms with Gasteiger partial charge in [-0.15, -0.1) is 0 Å². The monoisotopic (exact) mass is 708 g/mol. The number of rotatable bonds is 13. The second kappa shape index (κ2) is 14.5. The maximum absolute atomic E-state index is 14.0. The van der Waals surface area contributed by atoms with Gasteiger partial charge in [0.15, 0.2) is 29.3 Å². The second-order valence-electron chi connectivity index (χ2n) is 13.7. The van der Waals surface area contributed by atoms with Crippen molar-refractivity contribution in [2.75, 3.05) is 26.7 Å². The molecule has 16 heteroatoms. The number of piperidine rings is 1. The Morgan fingerprint density at radius 1 is 1.16 bits per heavy atom. The predicted molar refractivity (Wildman–Crippen MR) is 181 cm³/mol. The van der Waals surface area contributed by atoms with E-state index in [4.69, 9.17) is 30.8 Å². The van der Waals surface area contributed by atoms with Crippen molar-refractivity contribution in [3.8, 4) is 11.5 Å². The van der Waals surface area contributed by atoms with E-state index in [1.165, 1.54) is 16.0 Å². The van der Waals surface area contributed by atoms with Gasteiger partial charge in [-0.25, -0.2) is 4.79 Å². The van der Waals surface area contributed by atoms with E-state index >= 15 is 0 Å². The number of nitrogens with one attached hydrogen (secondary N) is 2. The third kappa shape index (κ3) is 6.90. The van der Waals surface area contributed by atoms with Crippen LogP contribution in [0.1, 0.15) is 62.5 Å². The normalized spacial score (nSPS) is 25.9. The minimum Gasteiger partial charge on any atom is -0.493 e. The molecule has 3 aliphatic carbocycles. The minimum absolute atomic E-state index is 0.0475. The van der Waals surface area contributed by atoms with Crippen LogP contribution in [0, 0.1) is 11.8 Å². The molecule has 51 heavy (non-hydrogen) atoms. The summed E-state index contributed by atoms with van der Waals surface area (Å²) in [7, 11) is 1.60. The number of aliphatic carboxylic acids is 2. The van der Waals surface area contributed by atoms with Gasteiger partial charge in [-0.1, -0.05) is 24.1 Å². The number of aliphatic imine (C=N–C) groups is 1. The number of carbonyl (C=O) groups is 5. The number of carbonyl (C=O) groups excluding carboxylic acids is 3. The van der Waals surface area contributed by atoms with Crippen LogP contribution in [0.4, 0.5) is 4.79 Å². The number of carboxylic acid groups (broad SMARTS) is 2. The largest absolute Gasteiger partial charge is 0.493 e. The molecule has 0 radical (unpaired) electrons. The molecule has 8 N–H and O–H groups in total. The summed E-state index contributed by atoms with van der Waals surface area (Å²) in [5, 5.41) is 24.0. The molecule has 274 valence electrons. The van der Waals surface area contributed by atoms with Crippen molar-refractivity contribution in [3.63, 3.8) is 0 Å². The van der Waals surface area contributed by atoms with Crippen LogP contribution < -0.4 is 31.6 Å². The maximum atomic E-state index is 14.0. The number of likely N-dealkylation sites (tertiary alicyclic amines) is 1. The zero-order valence-corrected chi connectivity index (χ0v) is 28.4.